The molecule has 0 aliphatic heterocycles. The molecule has 0 amide bonds. The Kier molecular flexibility index (Phi) is 6.17. The SMILES string of the molecule is CCCCC[C@H](C)Oc1ccc(-c2ccc(C#N)cc2F)cc1. The molecule has 0 fully saturated rings. The average molecular weight is 311 g/mol. The second-order valence-electron chi connectivity index (χ2n) is 5.76. The Hall–Kier alpha value is -2.34. The van der Waals surface area contributed by atoms with Gasteiger partial charge in [-0.2, -0.15) is 5.26 Å². The zero-order chi connectivity index (χ0) is 16.7. The van der Waals surface area contributed by atoms with Crippen molar-refractivity contribution in [1.29, 1.82) is 5.26 Å². The van der Waals surface area contributed by atoms with Crippen LogP contribution in [0.4, 0.5) is 4.39 Å². The van der Waals surface area contributed by atoms with Gasteiger partial charge in [-0.25, -0.2) is 4.39 Å². The van der Waals surface area contributed by atoms with Crippen molar-refractivity contribution in [2.45, 2.75) is 45.6 Å². The number of ether oxygens (including phenoxy) is 1. The van der Waals surface area contributed by atoms with Gasteiger partial charge >= 0.3 is 0 Å². The molecule has 2 rings (SSSR count). The van der Waals surface area contributed by atoms with E-state index < -0.39 is 0 Å². The van der Waals surface area contributed by atoms with E-state index in [4.69, 9.17) is 10.00 Å². The molecule has 2 aromatic rings. The molecule has 0 aliphatic rings. The topological polar surface area (TPSA) is 33.0 Å². The third kappa shape index (κ3) is 4.82. The van der Waals surface area contributed by atoms with E-state index in [1.807, 2.05) is 30.3 Å². The van der Waals surface area contributed by atoms with Gasteiger partial charge < -0.3 is 4.74 Å². The Morgan fingerprint density at radius 1 is 1.13 bits per heavy atom. The van der Waals surface area contributed by atoms with Crippen LogP contribution in [0.15, 0.2) is 42.5 Å². The molecule has 2 nitrogen and oxygen atoms in total. The molecule has 0 heterocycles. The van der Waals surface area contributed by atoms with Crippen molar-refractivity contribution in [1.82, 2.24) is 0 Å². The summed E-state index contributed by atoms with van der Waals surface area (Å²) in [5.41, 5.74) is 1.59. The molecular weight excluding hydrogens is 289 g/mol. The number of hydrogen-bond acceptors (Lipinski definition) is 2. The van der Waals surface area contributed by atoms with Crippen LogP contribution in [0.3, 0.4) is 0 Å². The van der Waals surface area contributed by atoms with Gasteiger partial charge in [0.05, 0.1) is 17.7 Å². The van der Waals surface area contributed by atoms with Gasteiger partial charge in [0.15, 0.2) is 0 Å². The van der Waals surface area contributed by atoms with Crippen LogP contribution < -0.4 is 4.74 Å². The van der Waals surface area contributed by atoms with E-state index >= 15 is 0 Å². The molecular formula is C20H22FNO. The van der Waals surface area contributed by atoms with Crippen molar-refractivity contribution in [3.8, 4) is 22.9 Å². The molecule has 0 radical (unpaired) electrons. The van der Waals surface area contributed by atoms with Crippen molar-refractivity contribution >= 4 is 0 Å². The number of hydrogen-bond donors (Lipinski definition) is 0. The standard InChI is InChI=1S/C20H22FNO/c1-3-4-5-6-15(2)23-18-10-8-17(9-11-18)19-12-7-16(14-22)13-20(19)21/h7-13,15H,3-6H2,1-2H3/t15-/m0/s1. The first-order valence-corrected chi connectivity index (χ1v) is 8.10. The van der Waals surface area contributed by atoms with Crippen molar-refractivity contribution in [2.24, 2.45) is 0 Å². The van der Waals surface area contributed by atoms with E-state index in [-0.39, 0.29) is 11.9 Å². The highest BCUT2D eigenvalue weighted by molar-refractivity contribution is 5.65. The second kappa shape index (κ2) is 8.33. The highest BCUT2D eigenvalue weighted by atomic mass is 19.1. The van der Waals surface area contributed by atoms with Gasteiger partial charge in [-0.3, -0.25) is 0 Å². The number of rotatable bonds is 7. The van der Waals surface area contributed by atoms with Gasteiger partial charge in [0.2, 0.25) is 0 Å². The Morgan fingerprint density at radius 2 is 1.87 bits per heavy atom. The van der Waals surface area contributed by atoms with E-state index in [0.717, 1.165) is 17.7 Å². The third-order valence-electron chi connectivity index (χ3n) is 3.81. The summed E-state index contributed by atoms with van der Waals surface area (Å²) >= 11 is 0. The lowest BCUT2D eigenvalue weighted by atomic mass is 10.0. The van der Waals surface area contributed by atoms with E-state index in [2.05, 4.69) is 13.8 Å². The molecule has 0 N–H and O–H groups in total. The van der Waals surface area contributed by atoms with Gasteiger partial charge in [0.1, 0.15) is 11.6 Å². The van der Waals surface area contributed by atoms with Crippen LogP contribution >= 0.6 is 0 Å². The molecule has 0 bridgehead atoms. The average Bonchev–Trinajstić information content (AvgIpc) is 2.56. The molecule has 0 spiro atoms. The smallest absolute Gasteiger partial charge is 0.132 e. The maximum absolute atomic E-state index is 14.0. The molecule has 0 unspecified atom stereocenters. The zero-order valence-corrected chi connectivity index (χ0v) is 13.7. The predicted octanol–water partition coefficient (Wildman–Crippen LogP) is 5.71. The minimum absolute atomic E-state index is 0.180. The van der Waals surface area contributed by atoms with Crippen molar-refractivity contribution in [3.63, 3.8) is 0 Å². The van der Waals surface area contributed by atoms with E-state index in [9.17, 15) is 4.39 Å². The first-order valence-electron chi connectivity index (χ1n) is 8.10. The van der Waals surface area contributed by atoms with Gasteiger partial charge in [-0.05, 0) is 49.6 Å². The molecule has 0 saturated carbocycles. The lowest BCUT2D eigenvalue weighted by Gasteiger charge is -2.15. The highest BCUT2D eigenvalue weighted by Gasteiger charge is 2.08. The number of benzene rings is 2. The Bertz CT molecular complexity index is 673. The molecule has 0 aromatic heterocycles. The fourth-order valence-corrected chi connectivity index (χ4v) is 2.50. The van der Waals surface area contributed by atoms with Crippen LogP contribution in [0.5, 0.6) is 5.75 Å². The van der Waals surface area contributed by atoms with Crippen LogP contribution in [0, 0.1) is 17.1 Å². The molecule has 23 heavy (non-hydrogen) atoms. The Morgan fingerprint density at radius 3 is 2.48 bits per heavy atom. The van der Waals surface area contributed by atoms with Gasteiger partial charge in [-0.15, -0.1) is 0 Å². The molecule has 120 valence electrons. The summed E-state index contributed by atoms with van der Waals surface area (Å²) in [7, 11) is 0. The minimum atomic E-state index is -0.384. The van der Waals surface area contributed by atoms with Crippen LogP contribution in [-0.2, 0) is 0 Å². The van der Waals surface area contributed by atoms with Crippen LogP contribution in [0.25, 0.3) is 11.1 Å². The van der Waals surface area contributed by atoms with Crippen molar-refractivity contribution in [2.75, 3.05) is 0 Å². The van der Waals surface area contributed by atoms with E-state index in [1.54, 1.807) is 12.1 Å². The number of halogens is 1. The summed E-state index contributed by atoms with van der Waals surface area (Å²) in [5.74, 6) is 0.414. The number of nitriles is 1. The van der Waals surface area contributed by atoms with Gasteiger partial charge in [0.25, 0.3) is 0 Å². The molecule has 0 saturated heterocycles. The summed E-state index contributed by atoms with van der Waals surface area (Å²) in [6.45, 7) is 4.26. The zero-order valence-electron chi connectivity index (χ0n) is 13.7. The molecule has 3 heteroatoms. The summed E-state index contributed by atoms with van der Waals surface area (Å²) < 4.78 is 19.9. The maximum Gasteiger partial charge on any atom is 0.132 e. The van der Waals surface area contributed by atoms with Crippen molar-refractivity contribution in [3.05, 3.63) is 53.8 Å². The molecule has 2 aromatic carbocycles. The fraction of sp³-hybridized carbons (Fsp3) is 0.350. The maximum atomic E-state index is 14.0. The predicted molar refractivity (Wildman–Crippen MR) is 90.8 cm³/mol. The number of nitrogens with zero attached hydrogens (tertiary/aromatic N) is 1. The first-order chi connectivity index (χ1) is 11.1. The van der Waals surface area contributed by atoms with Gasteiger partial charge in [-0.1, -0.05) is 38.0 Å². The first kappa shape index (κ1) is 17.0. The Balaban J connectivity index is 2.03. The van der Waals surface area contributed by atoms with Crippen LogP contribution in [0.1, 0.15) is 45.1 Å². The van der Waals surface area contributed by atoms with Crippen molar-refractivity contribution < 1.29 is 9.13 Å². The molecule has 0 aliphatic carbocycles. The third-order valence-corrected chi connectivity index (χ3v) is 3.81. The highest BCUT2D eigenvalue weighted by Crippen LogP contribution is 2.26. The minimum Gasteiger partial charge on any atom is -0.491 e. The second-order valence-corrected chi connectivity index (χ2v) is 5.76. The van der Waals surface area contributed by atoms with Crippen LogP contribution in [-0.4, -0.2) is 6.10 Å². The monoisotopic (exact) mass is 311 g/mol. The quantitative estimate of drug-likeness (QED) is 0.613. The van der Waals surface area contributed by atoms with Crippen LogP contribution in [0.2, 0.25) is 0 Å². The normalized spacial score (nSPS) is 11.7. The lowest BCUT2D eigenvalue weighted by Crippen LogP contribution is -2.11. The lowest BCUT2D eigenvalue weighted by molar-refractivity contribution is 0.206. The summed E-state index contributed by atoms with van der Waals surface area (Å²) in [5, 5.41) is 8.79. The number of unbranched alkanes of at least 4 members (excludes halogenated alkanes) is 2. The molecule has 1 atom stereocenters. The summed E-state index contributed by atoms with van der Waals surface area (Å²) in [6.07, 6.45) is 4.83. The summed E-state index contributed by atoms with van der Waals surface area (Å²) in [4.78, 5) is 0. The summed E-state index contributed by atoms with van der Waals surface area (Å²) in [6, 6.07) is 13.9. The van der Waals surface area contributed by atoms with E-state index in [0.29, 0.717) is 11.1 Å². The van der Waals surface area contributed by atoms with Gasteiger partial charge in [0, 0.05) is 5.56 Å². The van der Waals surface area contributed by atoms with E-state index in [1.165, 1.54) is 25.3 Å². The fourth-order valence-electron chi connectivity index (χ4n) is 2.50. The largest absolute Gasteiger partial charge is 0.491 e. The Labute approximate surface area is 137 Å².